The van der Waals surface area contributed by atoms with Crippen LogP contribution in [0.1, 0.15) is 19.3 Å². The van der Waals surface area contributed by atoms with E-state index in [0.29, 0.717) is 0 Å². The second-order valence-electron chi connectivity index (χ2n) is 4.14. The second-order valence-corrected chi connectivity index (χ2v) is 5.91. The molecule has 0 saturated heterocycles. The Bertz CT molecular complexity index is 350. The Morgan fingerprint density at radius 3 is 2.73 bits per heavy atom. The van der Waals surface area contributed by atoms with Crippen LogP contribution in [0.4, 0.5) is 5.82 Å². The van der Waals surface area contributed by atoms with Crippen LogP contribution in [-0.2, 0) is 0 Å². The SMILES string of the molecule is CN(CC1CCC1)c1ncc(Br)cc1Br. The molecule has 2 rings (SSSR count). The van der Waals surface area contributed by atoms with Gasteiger partial charge in [0.2, 0.25) is 0 Å². The highest BCUT2D eigenvalue weighted by Gasteiger charge is 2.20. The number of hydrogen-bond donors (Lipinski definition) is 0. The van der Waals surface area contributed by atoms with Crippen LogP contribution in [-0.4, -0.2) is 18.6 Å². The standard InChI is InChI=1S/C11H14Br2N2/c1-15(7-8-3-2-4-8)11-10(13)5-9(12)6-14-11/h5-6,8H,2-4,7H2,1H3. The summed E-state index contributed by atoms with van der Waals surface area (Å²) in [6, 6.07) is 2.04. The predicted octanol–water partition coefficient (Wildman–Crippen LogP) is 3.84. The lowest BCUT2D eigenvalue weighted by Gasteiger charge is -2.31. The van der Waals surface area contributed by atoms with E-state index in [2.05, 4.69) is 48.8 Å². The number of halogens is 2. The maximum Gasteiger partial charge on any atom is 0.142 e. The van der Waals surface area contributed by atoms with E-state index in [1.807, 2.05) is 12.3 Å². The van der Waals surface area contributed by atoms with E-state index in [1.165, 1.54) is 19.3 Å². The average molecular weight is 334 g/mol. The highest BCUT2D eigenvalue weighted by atomic mass is 79.9. The van der Waals surface area contributed by atoms with Crippen LogP contribution < -0.4 is 4.90 Å². The first-order chi connectivity index (χ1) is 7.16. The van der Waals surface area contributed by atoms with Gasteiger partial charge in [-0.15, -0.1) is 0 Å². The average Bonchev–Trinajstić information content (AvgIpc) is 2.11. The zero-order valence-electron chi connectivity index (χ0n) is 8.71. The first kappa shape index (κ1) is 11.4. The van der Waals surface area contributed by atoms with E-state index >= 15 is 0 Å². The van der Waals surface area contributed by atoms with E-state index in [0.717, 1.165) is 27.2 Å². The monoisotopic (exact) mass is 332 g/mol. The summed E-state index contributed by atoms with van der Waals surface area (Å²) in [6.07, 6.45) is 5.99. The number of hydrogen-bond acceptors (Lipinski definition) is 2. The summed E-state index contributed by atoms with van der Waals surface area (Å²) in [5.74, 6) is 1.90. The van der Waals surface area contributed by atoms with Crippen molar-refractivity contribution in [1.29, 1.82) is 0 Å². The van der Waals surface area contributed by atoms with Gasteiger partial charge in [0.15, 0.2) is 0 Å². The molecule has 0 spiro atoms. The minimum absolute atomic E-state index is 0.868. The molecule has 1 heterocycles. The van der Waals surface area contributed by atoms with Gasteiger partial charge in [-0.05, 0) is 56.7 Å². The zero-order valence-corrected chi connectivity index (χ0v) is 11.9. The molecule has 0 aromatic carbocycles. The van der Waals surface area contributed by atoms with Crippen molar-refractivity contribution in [1.82, 2.24) is 4.98 Å². The molecular formula is C11H14Br2N2. The molecule has 0 N–H and O–H groups in total. The smallest absolute Gasteiger partial charge is 0.142 e. The Morgan fingerprint density at radius 1 is 1.47 bits per heavy atom. The highest BCUT2D eigenvalue weighted by molar-refractivity contribution is 9.11. The van der Waals surface area contributed by atoms with Gasteiger partial charge in [0.25, 0.3) is 0 Å². The lowest BCUT2D eigenvalue weighted by atomic mass is 9.85. The van der Waals surface area contributed by atoms with Crippen LogP contribution >= 0.6 is 31.9 Å². The van der Waals surface area contributed by atoms with Crippen molar-refractivity contribution < 1.29 is 0 Å². The molecule has 15 heavy (non-hydrogen) atoms. The molecule has 1 aromatic rings. The zero-order chi connectivity index (χ0) is 10.8. The van der Waals surface area contributed by atoms with Crippen LogP contribution in [0.25, 0.3) is 0 Å². The molecule has 0 aliphatic heterocycles. The van der Waals surface area contributed by atoms with E-state index in [9.17, 15) is 0 Å². The van der Waals surface area contributed by atoms with E-state index in [-0.39, 0.29) is 0 Å². The Kier molecular flexibility index (Phi) is 3.67. The van der Waals surface area contributed by atoms with Gasteiger partial charge < -0.3 is 4.90 Å². The van der Waals surface area contributed by atoms with Gasteiger partial charge in [-0.25, -0.2) is 4.98 Å². The molecule has 82 valence electrons. The first-order valence-electron chi connectivity index (χ1n) is 5.19. The molecular weight excluding hydrogens is 320 g/mol. The molecule has 0 bridgehead atoms. The summed E-state index contributed by atoms with van der Waals surface area (Å²) in [5, 5.41) is 0. The quantitative estimate of drug-likeness (QED) is 0.835. The van der Waals surface area contributed by atoms with Crippen molar-refractivity contribution in [2.75, 3.05) is 18.5 Å². The lowest BCUT2D eigenvalue weighted by Crippen LogP contribution is -2.30. The van der Waals surface area contributed by atoms with Crippen LogP contribution in [0.3, 0.4) is 0 Å². The predicted molar refractivity (Wildman–Crippen MR) is 70.2 cm³/mol. The van der Waals surface area contributed by atoms with Gasteiger partial charge in [-0.2, -0.15) is 0 Å². The fourth-order valence-electron chi connectivity index (χ4n) is 1.84. The highest BCUT2D eigenvalue weighted by Crippen LogP contribution is 2.31. The Morgan fingerprint density at radius 2 is 2.20 bits per heavy atom. The fraction of sp³-hybridized carbons (Fsp3) is 0.545. The van der Waals surface area contributed by atoms with Gasteiger partial charge in [-0.1, -0.05) is 6.42 Å². The second kappa shape index (κ2) is 4.83. The van der Waals surface area contributed by atoms with Crippen molar-refractivity contribution in [3.8, 4) is 0 Å². The molecule has 1 fully saturated rings. The summed E-state index contributed by atoms with van der Waals surface area (Å²) in [5.41, 5.74) is 0. The van der Waals surface area contributed by atoms with Crippen molar-refractivity contribution in [2.45, 2.75) is 19.3 Å². The lowest BCUT2D eigenvalue weighted by molar-refractivity contribution is 0.321. The first-order valence-corrected chi connectivity index (χ1v) is 6.77. The third-order valence-corrected chi connectivity index (χ3v) is 3.92. The molecule has 4 heteroatoms. The minimum atomic E-state index is 0.868. The minimum Gasteiger partial charge on any atom is -0.358 e. The Hall–Kier alpha value is -0.0900. The van der Waals surface area contributed by atoms with E-state index in [4.69, 9.17) is 0 Å². The molecule has 0 unspecified atom stereocenters. The largest absolute Gasteiger partial charge is 0.358 e. The maximum atomic E-state index is 4.42. The molecule has 0 amide bonds. The Balaban J connectivity index is 2.06. The van der Waals surface area contributed by atoms with Gasteiger partial charge in [0, 0.05) is 24.3 Å². The number of aromatic nitrogens is 1. The van der Waals surface area contributed by atoms with Crippen molar-refractivity contribution in [3.63, 3.8) is 0 Å². The van der Waals surface area contributed by atoms with Gasteiger partial charge >= 0.3 is 0 Å². The van der Waals surface area contributed by atoms with E-state index < -0.39 is 0 Å². The van der Waals surface area contributed by atoms with Crippen LogP contribution in [0.5, 0.6) is 0 Å². The normalized spacial score (nSPS) is 16.2. The maximum absolute atomic E-state index is 4.42. The van der Waals surface area contributed by atoms with Crippen LogP contribution in [0.15, 0.2) is 21.2 Å². The molecule has 0 atom stereocenters. The van der Waals surface area contributed by atoms with Crippen LogP contribution in [0.2, 0.25) is 0 Å². The summed E-state index contributed by atoms with van der Waals surface area (Å²) < 4.78 is 2.06. The molecule has 1 aliphatic rings. The molecule has 1 aromatic heterocycles. The van der Waals surface area contributed by atoms with Gasteiger partial charge in [0.1, 0.15) is 5.82 Å². The van der Waals surface area contributed by atoms with Crippen molar-refractivity contribution >= 4 is 37.7 Å². The summed E-state index contributed by atoms with van der Waals surface area (Å²) >= 11 is 6.95. The topological polar surface area (TPSA) is 16.1 Å². The Labute approximate surface area is 107 Å². The third kappa shape index (κ3) is 2.72. The number of anilines is 1. The number of nitrogens with zero attached hydrogens (tertiary/aromatic N) is 2. The van der Waals surface area contributed by atoms with Crippen LogP contribution in [0, 0.1) is 5.92 Å². The number of pyridine rings is 1. The number of rotatable bonds is 3. The molecule has 2 nitrogen and oxygen atoms in total. The van der Waals surface area contributed by atoms with Crippen molar-refractivity contribution in [2.24, 2.45) is 5.92 Å². The summed E-state index contributed by atoms with van der Waals surface area (Å²) in [7, 11) is 2.11. The summed E-state index contributed by atoms with van der Waals surface area (Å²) in [4.78, 5) is 6.66. The fourth-order valence-corrected chi connectivity index (χ4v) is 3.13. The van der Waals surface area contributed by atoms with Gasteiger partial charge in [0.05, 0.1) is 4.47 Å². The summed E-state index contributed by atoms with van der Waals surface area (Å²) in [6.45, 7) is 1.12. The van der Waals surface area contributed by atoms with Gasteiger partial charge in [-0.3, -0.25) is 0 Å². The molecule has 1 saturated carbocycles. The van der Waals surface area contributed by atoms with Crippen molar-refractivity contribution in [3.05, 3.63) is 21.2 Å². The molecule has 1 aliphatic carbocycles. The van der Waals surface area contributed by atoms with E-state index in [1.54, 1.807) is 0 Å². The third-order valence-electron chi connectivity index (χ3n) is 2.91. The molecule has 0 radical (unpaired) electrons.